The van der Waals surface area contributed by atoms with Crippen molar-refractivity contribution in [2.24, 2.45) is 44.8 Å². The van der Waals surface area contributed by atoms with Crippen LogP contribution in [-0.4, -0.2) is 38.3 Å². The molecule has 0 aliphatic carbocycles. The summed E-state index contributed by atoms with van der Waals surface area (Å²) < 4.78 is 0. The zero-order chi connectivity index (χ0) is 38.5. The van der Waals surface area contributed by atoms with E-state index in [1.165, 1.54) is 96.9 Å². The summed E-state index contributed by atoms with van der Waals surface area (Å²) in [6.45, 7) is 53.9. The lowest BCUT2D eigenvalue weighted by atomic mass is 9.57. The van der Waals surface area contributed by atoms with Crippen molar-refractivity contribution in [1.29, 1.82) is 0 Å². The van der Waals surface area contributed by atoms with Gasteiger partial charge in [0.2, 0.25) is 0 Å². The number of rotatable bonds is 3. The number of hydrogen-bond donors (Lipinski definition) is 3. The van der Waals surface area contributed by atoms with Crippen LogP contribution in [0.1, 0.15) is 210 Å². The Morgan fingerprint density at radius 1 is 0.396 bits per heavy atom. The molecule has 0 bridgehead atoms. The molecule has 3 heteroatoms. The minimum Gasteiger partial charge on any atom is -0.317 e. The largest absolute Gasteiger partial charge is 0.317 e. The summed E-state index contributed by atoms with van der Waals surface area (Å²) in [7, 11) is 0. The van der Waals surface area contributed by atoms with Crippen LogP contribution in [0, 0.1) is 44.8 Å². The predicted molar refractivity (Wildman–Crippen MR) is 224 cm³/mol. The highest BCUT2D eigenvalue weighted by Gasteiger charge is 2.45. The highest BCUT2D eigenvalue weighted by atomic mass is 15.0. The second kappa shape index (κ2) is 25.0. The molecule has 3 saturated heterocycles. The molecule has 3 aliphatic heterocycles. The van der Waals surface area contributed by atoms with E-state index in [0.29, 0.717) is 32.6 Å². The highest BCUT2D eigenvalue weighted by Crippen LogP contribution is 2.51. The molecule has 0 amide bonds. The van der Waals surface area contributed by atoms with Crippen LogP contribution in [-0.2, 0) is 0 Å². The molecule has 3 nitrogen and oxygen atoms in total. The van der Waals surface area contributed by atoms with E-state index in [0.717, 1.165) is 17.8 Å². The lowest BCUT2D eigenvalue weighted by molar-refractivity contribution is 0.0167. The van der Waals surface area contributed by atoms with Crippen LogP contribution in [0.4, 0.5) is 0 Å². The third-order valence-electron chi connectivity index (χ3n) is 12.6. The van der Waals surface area contributed by atoms with Crippen LogP contribution >= 0.6 is 0 Å². The molecule has 48 heavy (non-hydrogen) atoms. The molecular weight excluding hydrogens is 583 g/mol. The van der Waals surface area contributed by atoms with E-state index in [4.69, 9.17) is 0 Å². The Morgan fingerprint density at radius 3 is 1.27 bits per heavy atom. The van der Waals surface area contributed by atoms with Crippen LogP contribution in [0.15, 0.2) is 0 Å². The summed E-state index contributed by atoms with van der Waals surface area (Å²) in [5.74, 6) is 2.29. The summed E-state index contributed by atoms with van der Waals surface area (Å²) in [6.07, 6.45) is 13.7. The Hall–Kier alpha value is -0.120. The minimum atomic E-state index is 0.351. The Bertz CT molecular complexity index is 605. The van der Waals surface area contributed by atoms with E-state index in [1.807, 2.05) is 41.5 Å². The Balaban J connectivity index is -0.000000585. The third kappa shape index (κ3) is 15.2. The van der Waals surface area contributed by atoms with Gasteiger partial charge >= 0.3 is 0 Å². The molecule has 0 aromatic rings. The topological polar surface area (TPSA) is 36.1 Å². The maximum Gasteiger partial charge on any atom is 0.0252 e. The maximum atomic E-state index is 3.83. The Kier molecular flexibility index (Phi) is 27.2. The van der Waals surface area contributed by atoms with Gasteiger partial charge in [0.25, 0.3) is 0 Å². The maximum absolute atomic E-state index is 3.83. The van der Waals surface area contributed by atoms with Crippen LogP contribution < -0.4 is 16.0 Å². The zero-order valence-electron chi connectivity index (χ0n) is 37.8. The average molecular weight is 682 g/mol. The van der Waals surface area contributed by atoms with Crippen LogP contribution in [0.3, 0.4) is 0 Å². The molecule has 3 atom stereocenters. The monoisotopic (exact) mass is 682 g/mol. The van der Waals surface area contributed by atoms with Crippen molar-refractivity contribution in [2.45, 2.75) is 215 Å². The van der Waals surface area contributed by atoms with Crippen molar-refractivity contribution < 1.29 is 0 Å². The summed E-state index contributed by atoms with van der Waals surface area (Å²) in [4.78, 5) is 0. The molecule has 3 fully saturated rings. The van der Waals surface area contributed by atoms with Gasteiger partial charge in [-0.15, -0.1) is 0 Å². The molecule has 3 heterocycles. The summed E-state index contributed by atoms with van der Waals surface area (Å²) in [5, 5.41) is 11.0. The molecule has 3 rings (SSSR count). The predicted octanol–water partition coefficient (Wildman–Crippen LogP) is 13.6. The van der Waals surface area contributed by atoms with E-state index in [9.17, 15) is 0 Å². The highest BCUT2D eigenvalue weighted by molar-refractivity contribution is 5.01. The van der Waals surface area contributed by atoms with Gasteiger partial charge in [-0.3, -0.25) is 0 Å². The standard InChI is InChI=1S/3C13H27N.3C2H6/c1-11(2)13(12(3,4)5)7-6-9-14-10-8-13;1-11(2)13(12(3,4)5)8-6-7-9-14-10-13;1-11(2)13(12(3,4)5)9-7-6-8-10-14-13;3*1-2/h3*11,14H,6-10H2,1-5H3;3*1-2H3. The van der Waals surface area contributed by atoms with E-state index >= 15 is 0 Å². The molecule has 0 aromatic carbocycles. The fourth-order valence-electron chi connectivity index (χ4n) is 9.48. The van der Waals surface area contributed by atoms with E-state index < -0.39 is 0 Å². The van der Waals surface area contributed by atoms with Gasteiger partial charge in [0.1, 0.15) is 0 Å². The van der Waals surface area contributed by atoms with Gasteiger partial charge < -0.3 is 16.0 Å². The fraction of sp³-hybridized carbons (Fsp3) is 1.00. The van der Waals surface area contributed by atoms with Crippen molar-refractivity contribution in [1.82, 2.24) is 16.0 Å². The second-order valence-corrected chi connectivity index (χ2v) is 18.5. The van der Waals surface area contributed by atoms with Crippen molar-refractivity contribution >= 4 is 0 Å². The molecule has 3 unspecified atom stereocenters. The van der Waals surface area contributed by atoms with E-state index in [-0.39, 0.29) is 0 Å². The molecule has 0 radical (unpaired) electrons. The van der Waals surface area contributed by atoms with Crippen molar-refractivity contribution in [3.8, 4) is 0 Å². The SMILES string of the molecule is CC.CC.CC.CC(C)C1(C(C)(C)C)CCCCCN1.CC(C)C1(C(C)(C)C)CCCCNC1.CC(C)C1(C(C)(C)C)CCCNCC1. The average Bonchev–Trinajstić information content (AvgIpc) is 3.54. The first-order chi connectivity index (χ1) is 22.2. The van der Waals surface area contributed by atoms with Crippen LogP contribution in [0.25, 0.3) is 0 Å². The first-order valence-corrected chi connectivity index (χ1v) is 21.4. The molecular formula is C45H99N3. The van der Waals surface area contributed by atoms with Gasteiger partial charge in [-0.05, 0) is 116 Å². The minimum absolute atomic E-state index is 0.351. The Morgan fingerprint density at radius 2 is 0.833 bits per heavy atom. The van der Waals surface area contributed by atoms with Gasteiger partial charge in [0, 0.05) is 12.1 Å². The van der Waals surface area contributed by atoms with Gasteiger partial charge in [-0.2, -0.15) is 0 Å². The third-order valence-corrected chi connectivity index (χ3v) is 12.6. The molecule has 0 aromatic heterocycles. The molecule has 0 spiro atoms. The second-order valence-electron chi connectivity index (χ2n) is 18.5. The summed E-state index contributed by atoms with van der Waals surface area (Å²) in [6, 6.07) is 0. The lowest BCUT2D eigenvalue weighted by Crippen LogP contribution is -2.58. The number of hydrogen-bond acceptors (Lipinski definition) is 3. The van der Waals surface area contributed by atoms with Crippen LogP contribution in [0.2, 0.25) is 0 Å². The first-order valence-electron chi connectivity index (χ1n) is 21.4. The van der Waals surface area contributed by atoms with Crippen molar-refractivity contribution in [3.63, 3.8) is 0 Å². The van der Waals surface area contributed by atoms with Gasteiger partial charge in [0.15, 0.2) is 0 Å². The van der Waals surface area contributed by atoms with E-state index in [1.54, 1.807) is 0 Å². The molecule has 0 saturated carbocycles. The lowest BCUT2D eigenvalue weighted by Gasteiger charge is -2.48. The number of nitrogens with one attached hydrogen (secondary N) is 3. The van der Waals surface area contributed by atoms with Crippen LogP contribution in [0.5, 0.6) is 0 Å². The van der Waals surface area contributed by atoms with Crippen molar-refractivity contribution in [3.05, 3.63) is 0 Å². The summed E-state index contributed by atoms with van der Waals surface area (Å²) >= 11 is 0. The normalized spacial score (nSPS) is 27.0. The Labute approximate surface area is 307 Å². The zero-order valence-corrected chi connectivity index (χ0v) is 37.8. The van der Waals surface area contributed by atoms with Gasteiger partial charge in [0.05, 0.1) is 0 Å². The molecule has 3 N–H and O–H groups in total. The quantitative estimate of drug-likeness (QED) is 0.277. The first kappa shape index (κ1) is 52.2. The fourth-order valence-corrected chi connectivity index (χ4v) is 9.48. The smallest absolute Gasteiger partial charge is 0.0252 e. The summed E-state index contributed by atoms with van der Waals surface area (Å²) in [5.41, 5.74) is 2.60. The molecule has 3 aliphatic rings. The van der Waals surface area contributed by atoms with E-state index in [2.05, 4.69) is 120 Å². The van der Waals surface area contributed by atoms with Gasteiger partial charge in [-0.1, -0.05) is 165 Å². The molecule has 294 valence electrons. The van der Waals surface area contributed by atoms with Gasteiger partial charge in [-0.25, -0.2) is 0 Å². The van der Waals surface area contributed by atoms with Crippen molar-refractivity contribution in [2.75, 3.05) is 32.7 Å².